The molecule has 1 saturated heterocycles. The van der Waals surface area contributed by atoms with Crippen LogP contribution in [0.5, 0.6) is 5.75 Å². The van der Waals surface area contributed by atoms with Gasteiger partial charge in [0.1, 0.15) is 11.8 Å². The lowest BCUT2D eigenvalue weighted by Crippen LogP contribution is -2.51. The van der Waals surface area contributed by atoms with E-state index in [9.17, 15) is 9.59 Å². The molecule has 2 atom stereocenters. The summed E-state index contributed by atoms with van der Waals surface area (Å²) < 4.78 is 5.43. The van der Waals surface area contributed by atoms with Gasteiger partial charge >= 0.3 is 0 Å². The Bertz CT molecular complexity index is 527. The van der Waals surface area contributed by atoms with Crippen molar-refractivity contribution >= 4 is 36.0 Å². The number of amides is 2. The minimum Gasteiger partial charge on any atom is -0.484 e. The molecule has 6 nitrogen and oxygen atoms in total. The number of ether oxygens (including phenoxy) is 1. The molecule has 0 saturated carbocycles. The van der Waals surface area contributed by atoms with Gasteiger partial charge in [0.2, 0.25) is 5.91 Å². The summed E-state index contributed by atoms with van der Waals surface area (Å²) in [6, 6.07) is 8.77. The van der Waals surface area contributed by atoms with E-state index in [1.165, 1.54) is 0 Å². The van der Waals surface area contributed by atoms with Crippen LogP contribution in [0.25, 0.3) is 0 Å². The largest absolute Gasteiger partial charge is 0.484 e. The molecule has 1 aromatic rings. The Morgan fingerprint density at radius 1 is 1.36 bits per heavy atom. The highest BCUT2D eigenvalue weighted by Crippen LogP contribution is 2.08. The summed E-state index contributed by atoms with van der Waals surface area (Å²) in [7, 11) is 0. The summed E-state index contributed by atoms with van der Waals surface area (Å²) in [6.07, 6.45) is 3.51. The zero-order chi connectivity index (χ0) is 17.2. The van der Waals surface area contributed by atoms with Crippen molar-refractivity contribution in [3.05, 3.63) is 30.3 Å². The van der Waals surface area contributed by atoms with E-state index in [1.807, 2.05) is 24.5 Å². The van der Waals surface area contributed by atoms with Gasteiger partial charge in [-0.2, -0.15) is 11.8 Å². The summed E-state index contributed by atoms with van der Waals surface area (Å²) in [4.78, 5) is 24.5. The highest BCUT2D eigenvalue weighted by molar-refractivity contribution is 7.98. The van der Waals surface area contributed by atoms with Crippen molar-refractivity contribution in [1.82, 2.24) is 16.0 Å². The van der Waals surface area contributed by atoms with E-state index in [1.54, 1.807) is 23.9 Å². The fourth-order valence-corrected chi connectivity index (χ4v) is 2.96. The number of halogens is 1. The molecule has 0 radical (unpaired) electrons. The van der Waals surface area contributed by atoms with Gasteiger partial charge in [-0.3, -0.25) is 9.59 Å². The summed E-state index contributed by atoms with van der Waals surface area (Å²) in [5.74, 6) is 1.03. The van der Waals surface area contributed by atoms with Gasteiger partial charge in [-0.15, -0.1) is 12.4 Å². The van der Waals surface area contributed by atoms with Crippen molar-refractivity contribution in [2.45, 2.75) is 24.9 Å². The maximum atomic E-state index is 12.4. The zero-order valence-electron chi connectivity index (χ0n) is 14.3. The first-order chi connectivity index (χ1) is 11.7. The number of para-hydroxylation sites is 1. The molecule has 140 valence electrons. The van der Waals surface area contributed by atoms with Crippen LogP contribution in [0, 0.1) is 0 Å². The Labute approximate surface area is 159 Å². The molecule has 1 heterocycles. The summed E-state index contributed by atoms with van der Waals surface area (Å²) >= 11 is 1.65. The Kier molecular flexibility index (Phi) is 10.4. The van der Waals surface area contributed by atoms with Gasteiger partial charge in [0, 0.05) is 12.6 Å². The second-order valence-electron chi connectivity index (χ2n) is 5.70. The molecule has 8 heteroatoms. The number of hydrogen-bond acceptors (Lipinski definition) is 5. The van der Waals surface area contributed by atoms with Crippen LogP contribution in [0.1, 0.15) is 12.8 Å². The lowest BCUT2D eigenvalue weighted by Gasteiger charge is -2.20. The van der Waals surface area contributed by atoms with E-state index in [0.29, 0.717) is 12.2 Å². The molecule has 2 rings (SSSR count). The Morgan fingerprint density at radius 2 is 2.12 bits per heavy atom. The SMILES string of the molecule is CSCCC(NC(=O)COc1ccccc1)C(=O)NC1CCNC1.Cl. The van der Waals surface area contributed by atoms with Crippen molar-refractivity contribution in [2.24, 2.45) is 0 Å². The average Bonchev–Trinajstić information content (AvgIpc) is 3.10. The lowest BCUT2D eigenvalue weighted by molar-refractivity contribution is -0.130. The first-order valence-corrected chi connectivity index (χ1v) is 9.55. The Balaban J connectivity index is 0.00000312. The molecule has 2 amide bonds. The second kappa shape index (κ2) is 12.0. The van der Waals surface area contributed by atoms with E-state index in [0.717, 1.165) is 25.3 Å². The van der Waals surface area contributed by atoms with Gasteiger partial charge in [0.05, 0.1) is 0 Å². The molecule has 1 aliphatic heterocycles. The van der Waals surface area contributed by atoms with Gasteiger partial charge in [-0.1, -0.05) is 18.2 Å². The molecule has 3 N–H and O–H groups in total. The minimum absolute atomic E-state index is 0. The molecule has 1 aliphatic rings. The molecule has 2 unspecified atom stereocenters. The smallest absolute Gasteiger partial charge is 0.258 e. The first-order valence-electron chi connectivity index (χ1n) is 8.16. The quantitative estimate of drug-likeness (QED) is 0.593. The summed E-state index contributed by atoms with van der Waals surface area (Å²) in [5, 5.41) is 9.00. The first kappa shape index (κ1) is 21.6. The van der Waals surface area contributed by atoms with E-state index in [4.69, 9.17) is 4.74 Å². The van der Waals surface area contributed by atoms with Crippen molar-refractivity contribution in [2.75, 3.05) is 31.7 Å². The molecule has 0 aromatic heterocycles. The molecule has 0 bridgehead atoms. The monoisotopic (exact) mass is 387 g/mol. The Morgan fingerprint density at radius 3 is 2.76 bits per heavy atom. The molecule has 1 aromatic carbocycles. The van der Waals surface area contributed by atoms with Crippen LogP contribution >= 0.6 is 24.2 Å². The summed E-state index contributed by atoms with van der Waals surface area (Å²) in [6.45, 7) is 1.60. The molecule has 25 heavy (non-hydrogen) atoms. The van der Waals surface area contributed by atoms with Crippen molar-refractivity contribution in [3.8, 4) is 5.75 Å². The zero-order valence-corrected chi connectivity index (χ0v) is 16.0. The van der Waals surface area contributed by atoms with Crippen molar-refractivity contribution < 1.29 is 14.3 Å². The van der Waals surface area contributed by atoms with Crippen LogP contribution in [0.2, 0.25) is 0 Å². The third-order valence-corrected chi connectivity index (χ3v) is 4.43. The second-order valence-corrected chi connectivity index (χ2v) is 6.69. The van der Waals surface area contributed by atoms with E-state index >= 15 is 0 Å². The number of rotatable bonds is 9. The third kappa shape index (κ3) is 7.98. The predicted octanol–water partition coefficient (Wildman–Crippen LogP) is 1.20. The topological polar surface area (TPSA) is 79.5 Å². The number of carbonyl (C=O) groups is 2. The number of nitrogens with one attached hydrogen (secondary N) is 3. The minimum atomic E-state index is -0.523. The Hall–Kier alpha value is -1.44. The van der Waals surface area contributed by atoms with Crippen LogP contribution in [0.15, 0.2) is 30.3 Å². The molecule has 1 fully saturated rings. The van der Waals surface area contributed by atoms with Crippen LogP contribution in [-0.2, 0) is 9.59 Å². The predicted molar refractivity (Wildman–Crippen MR) is 104 cm³/mol. The molecule has 0 aliphatic carbocycles. The number of benzene rings is 1. The number of thioether (sulfide) groups is 1. The van der Waals surface area contributed by atoms with E-state index < -0.39 is 6.04 Å². The van der Waals surface area contributed by atoms with Gasteiger partial charge in [-0.25, -0.2) is 0 Å². The van der Waals surface area contributed by atoms with Gasteiger partial charge in [0.25, 0.3) is 5.91 Å². The number of hydrogen-bond donors (Lipinski definition) is 3. The van der Waals surface area contributed by atoms with E-state index in [2.05, 4.69) is 16.0 Å². The van der Waals surface area contributed by atoms with Crippen molar-refractivity contribution in [3.63, 3.8) is 0 Å². The fraction of sp³-hybridized carbons (Fsp3) is 0.529. The standard InChI is InChI=1S/C17H25N3O3S.ClH/c1-24-10-8-15(17(22)19-13-7-9-18-11-13)20-16(21)12-23-14-5-3-2-4-6-14;/h2-6,13,15,18H,7-12H2,1H3,(H,19,22)(H,20,21);1H. The summed E-state index contributed by atoms with van der Waals surface area (Å²) in [5.41, 5.74) is 0. The van der Waals surface area contributed by atoms with Gasteiger partial charge in [0.15, 0.2) is 6.61 Å². The number of carbonyl (C=O) groups excluding carboxylic acids is 2. The van der Waals surface area contributed by atoms with Gasteiger partial charge in [-0.05, 0) is 43.5 Å². The van der Waals surface area contributed by atoms with Crippen LogP contribution in [-0.4, -0.2) is 55.6 Å². The highest BCUT2D eigenvalue weighted by Gasteiger charge is 2.24. The molecule has 0 spiro atoms. The van der Waals surface area contributed by atoms with Crippen LogP contribution < -0.4 is 20.7 Å². The lowest BCUT2D eigenvalue weighted by atomic mass is 10.1. The maximum Gasteiger partial charge on any atom is 0.258 e. The van der Waals surface area contributed by atoms with Crippen LogP contribution in [0.4, 0.5) is 0 Å². The van der Waals surface area contributed by atoms with Crippen LogP contribution in [0.3, 0.4) is 0 Å². The molecular formula is C17H26ClN3O3S. The third-order valence-electron chi connectivity index (χ3n) is 3.78. The van der Waals surface area contributed by atoms with Gasteiger partial charge < -0.3 is 20.7 Å². The average molecular weight is 388 g/mol. The molecular weight excluding hydrogens is 362 g/mol. The highest BCUT2D eigenvalue weighted by atomic mass is 35.5. The van der Waals surface area contributed by atoms with E-state index in [-0.39, 0.29) is 36.9 Å². The van der Waals surface area contributed by atoms with Crippen molar-refractivity contribution in [1.29, 1.82) is 0 Å². The fourth-order valence-electron chi connectivity index (χ4n) is 2.49. The normalized spacial score (nSPS) is 17.2. The maximum absolute atomic E-state index is 12.4.